The van der Waals surface area contributed by atoms with Crippen LogP contribution in [-0.2, 0) is 13.0 Å². The first kappa shape index (κ1) is 23.4. The fourth-order valence-electron chi connectivity index (χ4n) is 4.55. The van der Waals surface area contributed by atoms with Gasteiger partial charge in [-0.3, -0.25) is 9.48 Å². The molecule has 0 saturated carbocycles. The van der Waals surface area contributed by atoms with Crippen LogP contribution in [0.1, 0.15) is 38.9 Å². The van der Waals surface area contributed by atoms with Gasteiger partial charge in [-0.25, -0.2) is 8.78 Å². The summed E-state index contributed by atoms with van der Waals surface area (Å²) in [6.45, 7) is 2.14. The third-order valence-electron chi connectivity index (χ3n) is 5.97. The maximum Gasteiger partial charge on any atom is 0.261 e. The highest BCUT2D eigenvalue weighted by Gasteiger charge is 2.30. The zero-order valence-electron chi connectivity index (χ0n) is 17.0. The maximum absolute atomic E-state index is 13.8. The molecule has 170 valence electrons. The summed E-state index contributed by atoms with van der Waals surface area (Å²) in [5.74, 6) is -1.50. The highest BCUT2D eigenvalue weighted by atomic mass is 79.9. The summed E-state index contributed by atoms with van der Waals surface area (Å²) < 4.78 is 30.5. The third-order valence-corrected chi connectivity index (χ3v) is 7.74. The van der Waals surface area contributed by atoms with Crippen LogP contribution in [0.5, 0.6) is 0 Å². The Morgan fingerprint density at radius 2 is 2.03 bits per heavy atom. The average Bonchev–Trinajstić information content (AvgIpc) is 3.26. The molecule has 1 fully saturated rings. The largest absolute Gasteiger partial charge is 0.347 e. The van der Waals surface area contributed by atoms with Crippen LogP contribution in [0.3, 0.4) is 0 Å². The zero-order chi connectivity index (χ0) is 21.5. The number of nitrogens with one attached hydrogen (secondary N) is 2. The molecule has 3 aromatic rings. The number of thiophene rings is 1. The van der Waals surface area contributed by atoms with Gasteiger partial charge in [0.2, 0.25) is 0 Å². The number of aromatic nitrogens is 2. The molecule has 10 heteroatoms. The first-order valence-electron chi connectivity index (χ1n) is 10.3. The number of hydrogen-bond donors (Lipinski definition) is 2. The second kappa shape index (κ2) is 9.59. The third kappa shape index (κ3) is 4.48. The van der Waals surface area contributed by atoms with E-state index in [2.05, 4.69) is 31.7 Å². The number of benzene rings is 1. The van der Waals surface area contributed by atoms with E-state index < -0.39 is 11.6 Å². The van der Waals surface area contributed by atoms with Crippen molar-refractivity contribution in [2.75, 3.05) is 13.1 Å². The van der Waals surface area contributed by atoms with Crippen molar-refractivity contribution in [3.63, 3.8) is 0 Å². The van der Waals surface area contributed by atoms with Gasteiger partial charge in [0.15, 0.2) is 0 Å². The fourth-order valence-corrected chi connectivity index (χ4v) is 6.17. The van der Waals surface area contributed by atoms with E-state index in [0.717, 1.165) is 47.7 Å². The molecule has 2 N–H and O–H groups in total. The zero-order valence-corrected chi connectivity index (χ0v) is 20.3. The molecule has 32 heavy (non-hydrogen) atoms. The monoisotopic (exact) mass is 542 g/mol. The van der Waals surface area contributed by atoms with Crippen molar-refractivity contribution in [2.45, 2.75) is 37.8 Å². The minimum absolute atomic E-state index is 0. The van der Waals surface area contributed by atoms with Gasteiger partial charge in [0.1, 0.15) is 11.6 Å². The lowest BCUT2D eigenvalue weighted by Crippen LogP contribution is -2.49. The Labute approximate surface area is 203 Å². The van der Waals surface area contributed by atoms with E-state index >= 15 is 0 Å². The van der Waals surface area contributed by atoms with Crippen LogP contribution in [0.2, 0.25) is 0 Å². The Balaban J connectivity index is 0.00000245. The van der Waals surface area contributed by atoms with Crippen molar-refractivity contribution >= 4 is 45.6 Å². The number of amides is 1. The number of carbonyl (C=O) groups is 1. The van der Waals surface area contributed by atoms with E-state index in [-0.39, 0.29) is 30.3 Å². The standard InChI is InChI=1S/C22H21BrF2N4OS.ClH/c23-17-10-27-29-5-1-2-19-16(21(17)29)9-20(31-19)22(30)28-18-11-26-4-3-15(18)12-6-13(24)8-14(25)7-12;/h6-10,15,18,26H,1-5,11H2,(H,28,30);1H/t15-,18+;/m0./s1. The molecule has 0 radical (unpaired) electrons. The summed E-state index contributed by atoms with van der Waals surface area (Å²) in [5, 5.41) is 10.8. The van der Waals surface area contributed by atoms with Gasteiger partial charge in [0.05, 0.1) is 21.2 Å². The number of halogens is 4. The quantitative estimate of drug-likeness (QED) is 0.494. The molecule has 2 aliphatic heterocycles. The molecule has 0 aliphatic carbocycles. The molecule has 5 nitrogen and oxygen atoms in total. The molecule has 2 atom stereocenters. The van der Waals surface area contributed by atoms with Gasteiger partial charge in [0.25, 0.3) is 5.91 Å². The molecule has 1 saturated heterocycles. The van der Waals surface area contributed by atoms with Crippen LogP contribution in [0, 0.1) is 11.6 Å². The van der Waals surface area contributed by atoms with E-state index in [9.17, 15) is 13.6 Å². The molecule has 1 aromatic carbocycles. The van der Waals surface area contributed by atoms with Gasteiger partial charge in [-0.15, -0.1) is 23.7 Å². The second-order valence-electron chi connectivity index (χ2n) is 8.00. The lowest BCUT2D eigenvalue weighted by molar-refractivity contribution is 0.0928. The van der Waals surface area contributed by atoms with Crippen LogP contribution in [-0.4, -0.2) is 34.8 Å². The first-order valence-corrected chi connectivity index (χ1v) is 11.9. The Morgan fingerprint density at radius 3 is 2.81 bits per heavy atom. The summed E-state index contributed by atoms with van der Waals surface area (Å²) in [7, 11) is 0. The number of fused-ring (bicyclic) bond motifs is 3. The Morgan fingerprint density at radius 1 is 1.25 bits per heavy atom. The number of piperidine rings is 1. The topological polar surface area (TPSA) is 59.0 Å². The predicted octanol–water partition coefficient (Wildman–Crippen LogP) is 4.90. The van der Waals surface area contributed by atoms with Gasteiger partial charge >= 0.3 is 0 Å². The lowest BCUT2D eigenvalue weighted by Gasteiger charge is -2.33. The predicted molar refractivity (Wildman–Crippen MR) is 127 cm³/mol. The smallest absolute Gasteiger partial charge is 0.261 e. The van der Waals surface area contributed by atoms with E-state index in [1.165, 1.54) is 28.3 Å². The Kier molecular flexibility index (Phi) is 7.00. The summed E-state index contributed by atoms with van der Waals surface area (Å²) in [6, 6.07) is 5.29. The van der Waals surface area contributed by atoms with Crippen molar-refractivity contribution in [1.82, 2.24) is 20.4 Å². The van der Waals surface area contributed by atoms with E-state index in [4.69, 9.17) is 0 Å². The number of hydrogen-bond acceptors (Lipinski definition) is 4. The van der Waals surface area contributed by atoms with Crippen molar-refractivity contribution in [3.8, 4) is 11.3 Å². The first-order chi connectivity index (χ1) is 15.0. The number of aryl methyl sites for hydroxylation is 2. The SMILES string of the molecule is Cl.O=C(N[C@@H]1CNCC[C@H]1c1cc(F)cc(F)c1)c1cc2c(s1)CCCn1ncc(Br)c1-2. The van der Waals surface area contributed by atoms with Crippen molar-refractivity contribution in [2.24, 2.45) is 0 Å². The maximum atomic E-state index is 13.8. The lowest BCUT2D eigenvalue weighted by atomic mass is 9.86. The van der Waals surface area contributed by atoms with E-state index in [0.29, 0.717) is 23.4 Å². The highest BCUT2D eigenvalue weighted by Crippen LogP contribution is 2.39. The second-order valence-corrected chi connectivity index (χ2v) is 9.99. The summed E-state index contributed by atoms with van der Waals surface area (Å²) >= 11 is 5.09. The van der Waals surface area contributed by atoms with Crippen molar-refractivity contribution in [3.05, 3.63) is 61.9 Å². The van der Waals surface area contributed by atoms with Gasteiger partial charge < -0.3 is 10.6 Å². The van der Waals surface area contributed by atoms with E-state index in [1.54, 1.807) is 6.20 Å². The fraction of sp³-hybridized carbons (Fsp3) is 0.364. The van der Waals surface area contributed by atoms with Crippen LogP contribution in [0.15, 0.2) is 34.9 Å². The number of carbonyl (C=O) groups excluding carboxylic acids is 1. The molecule has 5 rings (SSSR count). The van der Waals surface area contributed by atoms with Crippen molar-refractivity contribution in [1.29, 1.82) is 0 Å². The van der Waals surface area contributed by atoms with Crippen molar-refractivity contribution < 1.29 is 13.6 Å². The van der Waals surface area contributed by atoms with Gasteiger partial charge in [0, 0.05) is 41.6 Å². The molecule has 1 amide bonds. The van der Waals surface area contributed by atoms with Crippen LogP contribution in [0.25, 0.3) is 11.3 Å². The number of nitrogens with zero attached hydrogens (tertiary/aromatic N) is 2. The summed E-state index contributed by atoms with van der Waals surface area (Å²) in [5.41, 5.74) is 2.64. The minimum atomic E-state index is -0.595. The normalized spacial score (nSPS) is 20.0. The molecule has 0 bridgehead atoms. The molecule has 0 unspecified atom stereocenters. The van der Waals surface area contributed by atoms with Crippen LogP contribution < -0.4 is 10.6 Å². The molecule has 2 aromatic heterocycles. The summed E-state index contributed by atoms with van der Waals surface area (Å²) in [6.07, 6.45) is 4.36. The average molecular weight is 544 g/mol. The number of rotatable bonds is 3. The van der Waals surface area contributed by atoms with Crippen LogP contribution in [0.4, 0.5) is 8.78 Å². The van der Waals surface area contributed by atoms with E-state index in [1.807, 2.05) is 10.7 Å². The molecular formula is C22H22BrClF2N4OS. The van der Waals surface area contributed by atoms with Gasteiger partial charge in [-0.2, -0.15) is 5.10 Å². The Bertz CT molecular complexity index is 1130. The Hall–Kier alpha value is -1.81. The van der Waals surface area contributed by atoms with Gasteiger partial charge in [-0.05, 0) is 65.5 Å². The highest BCUT2D eigenvalue weighted by molar-refractivity contribution is 9.10. The molecule has 0 spiro atoms. The summed E-state index contributed by atoms with van der Waals surface area (Å²) in [4.78, 5) is 15.0. The molecule has 4 heterocycles. The van der Waals surface area contributed by atoms with Crippen LogP contribution >= 0.6 is 39.7 Å². The minimum Gasteiger partial charge on any atom is -0.347 e. The molecule has 2 aliphatic rings. The van der Waals surface area contributed by atoms with Gasteiger partial charge in [-0.1, -0.05) is 0 Å². The molecular weight excluding hydrogens is 522 g/mol.